The van der Waals surface area contributed by atoms with Crippen LogP contribution in [-0.2, 0) is 22.6 Å². The monoisotopic (exact) mass is 344 g/mol. The number of methoxy groups -OCH3 is 1. The van der Waals surface area contributed by atoms with Gasteiger partial charge in [0.1, 0.15) is 24.8 Å². The maximum atomic E-state index is 13.4. The zero-order chi connectivity index (χ0) is 17.6. The van der Waals surface area contributed by atoms with Gasteiger partial charge < -0.3 is 14.8 Å². The fourth-order valence-corrected chi connectivity index (χ4v) is 2.88. The molecule has 2 aromatic rings. The van der Waals surface area contributed by atoms with Crippen LogP contribution in [0.4, 0.5) is 10.1 Å². The Morgan fingerprint density at radius 1 is 1.32 bits per heavy atom. The number of amides is 1. The van der Waals surface area contributed by atoms with Gasteiger partial charge in [0, 0.05) is 38.0 Å². The van der Waals surface area contributed by atoms with E-state index in [0.29, 0.717) is 25.4 Å². The van der Waals surface area contributed by atoms with E-state index in [1.165, 1.54) is 13.2 Å². The first-order valence-electron chi connectivity index (χ1n) is 8.15. The van der Waals surface area contributed by atoms with Gasteiger partial charge in [-0.2, -0.15) is 0 Å². The zero-order valence-electron chi connectivity index (χ0n) is 14.1. The highest BCUT2D eigenvalue weighted by atomic mass is 19.1. The molecular weight excluding hydrogens is 323 g/mol. The number of carbonyl (C=O) groups excluding carboxylic acids is 1. The Balaban J connectivity index is 1.73. The van der Waals surface area contributed by atoms with Crippen molar-refractivity contribution in [2.45, 2.75) is 13.1 Å². The van der Waals surface area contributed by atoms with Crippen LogP contribution in [0.2, 0.25) is 0 Å². The normalized spacial score (nSPS) is 14.3. The first-order valence-corrected chi connectivity index (χ1v) is 8.15. The number of ether oxygens (including phenoxy) is 2. The molecule has 0 saturated heterocycles. The van der Waals surface area contributed by atoms with Crippen LogP contribution in [-0.4, -0.2) is 37.7 Å². The number of benzene rings is 2. The minimum atomic E-state index is -0.230. The lowest BCUT2D eigenvalue weighted by Gasteiger charge is -2.19. The third-order valence-corrected chi connectivity index (χ3v) is 3.97. The van der Waals surface area contributed by atoms with Gasteiger partial charge in [-0.1, -0.05) is 12.1 Å². The number of halogens is 1. The van der Waals surface area contributed by atoms with Crippen LogP contribution >= 0.6 is 0 Å². The van der Waals surface area contributed by atoms with Gasteiger partial charge in [-0.05, 0) is 35.9 Å². The smallest absolute Gasteiger partial charge is 0.250 e. The number of hydrogen-bond donors (Lipinski definition) is 1. The number of carbonyl (C=O) groups is 1. The molecule has 5 nitrogen and oxygen atoms in total. The van der Waals surface area contributed by atoms with Crippen molar-refractivity contribution in [3.8, 4) is 5.75 Å². The molecule has 132 valence electrons. The molecule has 0 bridgehead atoms. The summed E-state index contributed by atoms with van der Waals surface area (Å²) in [6.45, 7) is 2.63. The SMILES string of the molecule is COCC(=O)Nc1ccc2c(c1)CN(Cc1cccc(F)c1)CCO2. The molecule has 0 radical (unpaired) electrons. The number of nitrogens with one attached hydrogen (secondary N) is 1. The van der Waals surface area contributed by atoms with Gasteiger partial charge in [-0.15, -0.1) is 0 Å². The maximum absolute atomic E-state index is 13.4. The molecule has 0 unspecified atom stereocenters. The van der Waals surface area contributed by atoms with Crippen LogP contribution in [0.15, 0.2) is 42.5 Å². The van der Waals surface area contributed by atoms with Gasteiger partial charge in [0.25, 0.3) is 0 Å². The molecule has 0 saturated carbocycles. The van der Waals surface area contributed by atoms with Crippen LogP contribution in [0.1, 0.15) is 11.1 Å². The molecule has 6 heteroatoms. The molecule has 0 aliphatic carbocycles. The summed E-state index contributed by atoms with van der Waals surface area (Å²) in [5, 5.41) is 2.80. The quantitative estimate of drug-likeness (QED) is 0.906. The van der Waals surface area contributed by atoms with E-state index in [1.54, 1.807) is 12.1 Å². The number of anilines is 1. The van der Waals surface area contributed by atoms with Crippen molar-refractivity contribution in [3.63, 3.8) is 0 Å². The predicted octanol–water partition coefficient (Wildman–Crippen LogP) is 2.81. The lowest BCUT2D eigenvalue weighted by molar-refractivity contribution is -0.119. The standard InChI is InChI=1S/C19H21FN2O3/c1-24-13-19(23)21-17-5-6-18-15(10-17)12-22(7-8-25-18)11-14-3-2-4-16(20)9-14/h2-6,9-10H,7-8,11-13H2,1H3,(H,21,23). The molecule has 2 aromatic carbocycles. The van der Waals surface area contributed by atoms with Crippen molar-refractivity contribution >= 4 is 11.6 Å². The lowest BCUT2D eigenvalue weighted by atomic mass is 10.1. The van der Waals surface area contributed by atoms with E-state index in [9.17, 15) is 9.18 Å². The first kappa shape index (κ1) is 17.4. The second-order valence-corrected chi connectivity index (χ2v) is 5.99. The van der Waals surface area contributed by atoms with Gasteiger partial charge in [0.2, 0.25) is 5.91 Å². The van der Waals surface area contributed by atoms with Gasteiger partial charge in [-0.3, -0.25) is 9.69 Å². The van der Waals surface area contributed by atoms with Crippen molar-refractivity contribution in [3.05, 3.63) is 59.4 Å². The fourth-order valence-electron chi connectivity index (χ4n) is 2.88. The minimum absolute atomic E-state index is 0.0132. The largest absolute Gasteiger partial charge is 0.492 e. The molecule has 1 N–H and O–H groups in total. The molecule has 0 atom stereocenters. The van der Waals surface area contributed by atoms with E-state index in [0.717, 1.165) is 23.4 Å². The van der Waals surface area contributed by atoms with E-state index in [2.05, 4.69) is 10.2 Å². The zero-order valence-corrected chi connectivity index (χ0v) is 14.1. The molecule has 1 amide bonds. The Morgan fingerprint density at radius 3 is 3.00 bits per heavy atom. The molecule has 0 spiro atoms. The van der Waals surface area contributed by atoms with E-state index in [4.69, 9.17) is 9.47 Å². The predicted molar refractivity (Wildman–Crippen MR) is 93.0 cm³/mol. The van der Waals surface area contributed by atoms with Gasteiger partial charge >= 0.3 is 0 Å². The highest BCUT2D eigenvalue weighted by Gasteiger charge is 2.16. The van der Waals surface area contributed by atoms with Crippen molar-refractivity contribution in [1.82, 2.24) is 4.90 Å². The number of fused-ring (bicyclic) bond motifs is 1. The Labute approximate surface area is 146 Å². The van der Waals surface area contributed by atoms with E-state index in [1.807, 2.05) is 24.3 Å². The number of hydrogen-bond acceptors (Lipinski definition) is 4. The van der Waals surface area contributed by atoms with Crippen molar-refractivity contribution in [2.75, 3.05) is 32.2 Å². The van der Waals surface area contributed by atoms with Gasteiger partial charge in [0.05, 0.1) is 0 Å². The highest BCUT2D eigenvalue weighted by Crippen LogP contribution is 2.27. The van der Waals surface area contributed by atoms with E-state index >= 15 is 0 Å². The van der Waals surface area contributed by atoms with Crippen LogP contribution in [0.3, 0.4) is 0 Å². The van der Waals surface area contributed by atoms with E-state index in [-0.39, 0.29) is 18.3 Å². The summed E-state index contributed by atoms with van der Waals surface area (Å²) >= 11 is 0. The summed E-state index contributed by atoms with van der Waals surface area (Å²) in [6.07, 6.45) is 0. The molecule has 25 heavy (non-hydrogen) atoms. The van der Waals surface area contributed by atoms with Crippen LogP contribution in [0.5, 0.6) is 5.75 Å². The summed E-state index contributed by atoms with van der Waals surface area (Å²) in [7, 11) is 1.48. The average molecular weight is 344 g/mol. The van der Waals surface area contributed by atoms with Crippen molar-refractivity contribution < 1.29 is 18.7 Å². The summed E-state index contributed by atoms with van der Waals surface area (Å²) in [5.74, 6) is 0.382. The maximum Gasteiger partial charge on any atom is 0.250 e. The summed E-state index contributed by atoms with van der Waals surface area (Å²) in [6, 6.07) is 12.2. The number of rotatable bonds is 5. The summed E-state index contributed by atoms with van der Waals surface area (Å²) in [4.78, 5) is 13.9. The topological polar surface area (TPSA) is 50.8 Å². The van der Waals surface area contributed by atoms with E-state index < -0.39 is 0 Å². The Bertz CT molecular complexity index is 751. The molecular formula is C19H21FN2O3. The summed E-state index contributed by atoms with van der Waals surface area (Å²) in [5.41, 5.74) is 2.62. The molecule has 1 aliphatic rings. The average Bonchev–Trinajstić information content (AvgIpc) is 2.76. The third kappa shape index (κ3) is 4.78. The van der Waals surface area contributed by atoms with Gasteiger partial charge in [-0.25, -0.2) is 4.39 Å². The van der Waals surface area contributed by atoms with Crippen molar-refractivity contribution in [2.24, 2.45) is 0 Å². The Morgan fingerprint density at radius 2 is 2.20 bits per heavy atom. The Kier molecular flexibility index (Phi) is 5.63. The van der Waals surface area contributed by atoms with Gasteiger partial charge in [0.15, 0.2) is 0 Å². The second kappa shape index (κ2) is 8.09. The van der Waals surface area contributed by atoms with Crippen LogP contribution in [0, 0.1) is 5.82 Å². The lowest BCUT2D eigenvalue weighted by Crippen LogP contribution is -2.25. The second-order valence-electron chi connectivity index (χ2n) is 5.99. The fraction of sp³-hybridized carbons (Fsp3) is 0.316. The summed E-state index contributed by atoms with van der Waals surface area (Å²) < 4.78 is 24.0. The van der Waals surface area contributed by atoms with Crippen LogP contribution < -0.4 is 10.1 Å². The third-order valence-electron chi connectivity index (χ3n) is 3.97. The Hall–Kier alpha value is -2.44. The minimum Gasteiger partial charge on any atom is -0.492 e. The first-order chi connectivity index (χ1) is 12.1. The molecule has 0 aromatic heterocycles. The molecule has 1 aliphatic heterocycles. The molecule has 0 fully saturated rings. The van der Waals surface area contributed by atoms with Crippen molar-refractivity contribution in [1.29, 1.82) is 0 Å². The number of nitrogens with zero attached hydrogens (tertiary/aromatic N) is 1. The highest BCUT2D eigenvalue weighted by molar-refractivity contribution is 5.91. The van der Waals surface area contributed by atoms with Crippen LogP contribution in [0.25, 0.3) is 0 Å². The molecule has 1 heterocycles. The molecule has 3 rings (SSSR count).